The summed E-state index contributed by atoms with van der Waals surface area (Å²) in [6.45, 7) is 0.884. The minimum atomic E-state index is 0.287. The number of nitrogens with zero attached hydrogens (tertiary/aromatic N) is 3. The highest BCUT2D eigenvalue weighted by Gasteiger charge is 2.30. The zero-order valence-corrected chi connectivity index (χ0v) is 12.0. The number of thiophene rings is 1. The summed E-state index contributed by atoms with van der Waals surface area (Å²) < 4.78 is 0. The van der Waals surface area contributed by atoms with E-state index in [2.05, 4.69) is 31.7 Å². The molecule has 0 bridgehead atoms. The molecular weight excluding hydrogens is 276 g/mol. The van der Waals surface area contributed by atoms with Gasteiger partial charge in [0.05, 0.1) is 12.4 Å². The molecule has 4 nitrogen and oxygen atoms in total. The molecule has 0 atom stereocenters. The Hall–Kier alpha value is -1.53. The molecule has 0 radical (unpaired) electrons. The van der Waals surface area contributed by atoms with Gasteiger partial charge in [0.15, 0.2) is 0 Å². The van der Waals surface area contributed by atoms with Crippen LogP contribution in [0.5, 0.6) is 0 Å². The maximum absolute atomic E-state index is 5.54. The van der Waals surface area contributed by atoms with E-state index in [1.54, 1.807) is 23.7 Å². The molecule has 2 aromatic heterocycles. The third-order valence-corrected chi connectivity index (χ3v) is 4.05. The predicted octanol–water partition coefficient (Wildman–Crippen LogP) is 2.34. The predicted molar refractivity (Wildman–Crippen MR) is 81.4 cm³/mol. The molecule has 0 aliphatic heterocycles. The summed E-state index contributed by atoms with van der Waals surface area (Å²) in [4.78, 5) is 11.3. The van der Waals surface area contributed by atoms with E-state index in [4.69, 9.17) is 18.0 Å². The van der Waals surface area contributed by atoms with Gasteiger partial charge in [-0.1, -0.05) is 12.2 Å². The van der Waals surface area contributed by atoms with E-state index in [0.29, 0.717) is 11.7 Å². The highest BCUT2D eigenvalue weighted by molar-refractivity contribution is 7.80. The van der Waals surface area contributed by atoms with Gasteiger partial charge in [-0.15, -0.1) is 0 Å². The lowest BCUT2D eigenvalue weighted by Gasteiger charge is -2.22. The van der Waals surface area contributed by atoms with Crippen LogP contribution in [0.25, 0.3) is 0 Å². The van der Waals surface area contributed by atoms with Crippen molar-refractivity contribution in [1.29, 1.82) is 0 Å². The second-order valence-electron chi connectivity index (χ2n) is 4.61. The summed E-state index contributed by atoms with van der Waals surface area (Å²) >= 11 is 6.61. The lowest BCUT2D eigenvalue weighted by molar-refractivity contribution is 0.776. The molecular formula is C13H14N4S2. The first kappa shape index (κ1) is 12.5. The maximum atomic E-state index is 5.54. The summed E-state index contributed by atoms with van der Waals surface area (Å²) in [7, 11) is 0. The first-order valence-electron chi connectivity index (χ1n) is 6.13. The molecule has 1 aliphatic carbocycles. The van der Waals surface area contributed by atoms with Gasteiger partial charge < -0.3 is 10.6 Å². The summed E-state index contributed by atoms with van der Waals surface area (Å²) in [5.41, 5.74) is 7.43. The second-order valence-corrected chi connectivity index (χ2v) is 5.83. The molecule has 0 amide bonds. The van der Waals surface area contributed by atoms with Crippen LogP contribution in [0.3, 0.4) is 0 Å². The van der Waals surface area contributed by atoms with E-state index in [1.807, 2.05) is 0 Å². The topological polar surface area (TPSA) is 55.0 Å². The molecule has 2 aromatic rings. The summed E-state index contributed by atoms with van der Waals surface area (Å²) in [6, 6.07) is 2.74. The summed E-state index contributed by atoms with van der Waals surface area (Å²) in [5.74, 6) is 0.897. The van der Waals surface area contributed by atoms with Crippen LogP contribution < -0.4 is 10.6 Å². The molecule has 1 fully saturated rings. The Balaban J connectivity index is 1.81. The number of hydrogen-bond donors (Lipinski definition) is 1. The molecule has 6 heteroatoms. The lowest BCUT2D eigenvalue weighted by atomic mass is 10.3. The molecule has 19 heavy (non-hydrogen) atoms. The van der Waals surface area contributed by atoms with Crippen molar-refractivity contribution < 1.29 is 0 Å². The number of hydrogen-bond acceptors (Lipinski definition) is 5. The van der Waals surface area contributed by atoms with Crippen LogP contribution in [-0.4, -0.2) is 21.0 Å². The van der Waals surface area contributed by atoms with Crippen LogP contribution in [-0.2, 0) is 6.54 Å². The third kappa shape index (κ3) is 2.90. The fourth-order valence-electron chi connectivity index (χ4n) is 1.96. The van der Waals surface area contributed by atoms with Gasteiger partial charge >= 0.3 is 0 Å². The van der Waals surface area contributed by atoms with Crippen molar-refractivity contribution in [1.82, 2.24) is 9.97 Å². The highest BCUT2D eigenvalue weighted by atomic mass is 32.1. The molecule has 0 aromatic carbocycles. The van der Waals surface area contributed by atoms with Gasteiger partial charge in [0.1, 0.15) is 16.5 Å². The van der Waals surface area contributed by atoms with E-state index in [9.17, 15) is 0 Å². The minimum Gasteiger partial charge on any atom is -0.388 e. The number of aromatic nitrogens is 2. The van der Waals surface area contributed by atoms with Crippen LogP contribution in [0.4, 0.5) is 5.82 Å². The summed E-state index contributed by atoms with van der Waals surface area (Å²) in [6.07, 6.45) is 5.87. The normalized spacial score (nSPS) is 14.3. The number of anilines is 1. The number of rotatable bonds is 5. The zero-order valence-electron chi connectivity index (χ0n) is 10.3. The van der Waals surface area contributed by atoms with Gasteiger partial charge in [-0.2, -0.15) is 11.3 Å². The average molecular weight is 290 g/mol. The Morgan fingerprint density at radius 3 is 2.79 bits per heavy atom. The fourth-order valence-corrected chi connectivity index (χ4v) is 2.72. The van der Waals surface area contributed by atoms with E-state index < -0.39 is 0 Å². The molecule has 2 heterocycles. The van der Waals surface area contributed by atoms with Crippen molar-refractivity contribution in [2.45, 2.75) is 25.4 Å². The van der Waals surface area contributed by atoms with Crippen molar-refractivity contribution >= 4 is 34.4 Å². The molecule has 0 saturated heterocycles. The van der Waals surface area contributed by atoms with Crippen LogP contribution in [0, 0.1) is 0 Å². The zero-order chi connectivity index (χ0) is 13.2. The lowest BCUT2D eigenvalue weighted by Crippen LogP contribution is -2.26. The van der Waals surface area contributed by atoms with E-state index in [-0.39, 0.29) is 4.99 Å². The molecule has 1 aliphatic rings. The first-order chi connectivity index (χ1) is 9.24. The van der Waals surface area contributed by atoms with Crippen LogP contribution >= 0.6 is 23.6 Å². The quantitative estimate of drug-likeness (QED) is 0.857. The van der Waals surface area contributed by atoms with E-state index in [1.165, 1.54) is 18.4 Å². The van der Waals surface area contributed by atoms with Crippen LogP contribution in [0.15, 0.2) is 29.2 Å². The SMILES string of the molecule is NC(=S)c1cnc(N(Cc2ccsc2)C2CC2)cn1. The molecule has 0 unspecified atom stereocenters. The smallest absolute Gasteiger partial charge is 0.147 e. The standard InChI is InChI=1S/C13H14N4S2/c14-13(18)11-5-16-12(6-15-11)17(10-1-2-10)7-9-3-4-19-8-9/h3-6,8,10H,1-2,7H2,(H2,14,18). The Morgan fingerprint density at radius 1 is 1.42 bits per heavy atom. The molecule has 2 N–H and O–H groups in total. The highest BCUT2D eigenvalue weighted by Crippen LogP contribution is 2.32. The van der Waals surface area contributed by atoms with Crippen molar-refractivity contribution in [3.05, 3.63) is 40.5 Å². The van der Waals surface area contributed by atoms with Gasteiger partial charge in [-0.05, 0) is 35.2 Å². The van der Waals surface area contributed by atoms with Crippen molar-refractivity contribution in [2.75, 3.05) is 4.90 Å². The van der Waals surface area contributed by atoms with Gasteiger partial charge in [0.2, 0.25) is 0 Å². The minimum absolute atomic E-state index is 0.287. The monoisotopic (exact) mass is 290 g/mol. The van der Waals surface area contributed by atoms with Crippen molar-refractivity contribution in [3.8, 4) is 0 Å². The van der Waals surface area contributed by atoms with E-state index >= 15 is 0 Å². The Labute approximate surface area is 121 Å². The summed E-state index contributed by atoms with van der Waals surface area (Å²) in [5, 5.41) is 4.27. The molecule has 3 rings (SSSR count). The van der Waals surface area contributed by atoms with Gasteiger partial charge in [-0.25, -0.2) is 9.97 Å². The van der Waals surface area contributed by atoms with Gasteiger partial charge in [0, 0.05) is 12.6 Å². The van der Waals surface area contributed by atoms with Gasteiger partial charge in [0.25, 0.3) is 0 Å². The second kappa shape index (κ2) is 5.22. The molecule has 1 saturated carbocycles. The Bertz CT molecular complexity index is 561. The largest absolute Gasteiger partial charge is 0.388 e. The Morgan fingerprint density at radius 2 is 2.26 bits per heavy atom. The number of thiocarbonyl (C=S) groups is 1. The molecule has 98 valence electrons. The first-order valence-corrected chi connectivity index (χ1v) is 7.48. The third-order valence-electron chi connectivity index (χ3n) is 3.11. The Kier molecular flexibility index (Phi) is 3.44. The number of nitrogens with two attached hydrogens (primary N) is 1. The van der Waals surface area contributed by atoms with Crippen LogP contribution in [0.1, 0.15) is 24.1 Å². The molecule has 0 spiro atoms. The van der Waals surface area contributed by atoms with Gasteiger partial charge in [-0.3, -0.25) is 0 Å². The van der Waals surface area contributed by atoms with Crippen LogP contribution in [0.2, 0.25) is 0 Å². The van der Waals surface area contributed by atoms with E-state index in [0.717, 1.165) is 12.4 Å². The maximum Gasteiger partial charge on any atom is 0.147 e. The average Bonchev–Trinajstić information content (AvgIpc) is 3.13. The van der Waals surface area contributed by atoms with Crippen molar-refractivity contribution in [3.63, 3.8) is 0 Å². The fraction of sp³-hybridized carbons (Fsp3) is 0.308. The van der Waals surface area contributed by atoms with Crippen molar-refractivity contribution in [2.24, 2.45) is 5.73 Å².